The molecule has 0 unspecified atom stereocenters. The molecule has 0 saturated heterocycles. The number of nitrogens with one attached hydrogen (secondary N) is 2. The molecule has 1 aromatic rings. The van der Waals surface area contributed by atoms with E-state index in [0.29, 0.717) is 0 Å². The molecule has 1 aromatic carbocycles. The van der Waals surface area contributed by atoms with Crippen LogP contribution in [0, 0.1) is 0 Å². The van der Waals surface area contributed by atoms with E-state index in [1.165, 1.54) is 12.5 Å². The minimum Gasteiger partial charge on any atom is -0.326 e. The highest BCUT2D eigenvalue weighted by Crippen LogP contribution is 2.09. The highest BCUT2D eigenvalue weighted by Gasteiger charge is 1.96. The molecular formula is C13H18N2O. The van der Waals surface area contributed by atoms with Gasteiger partial charge < -0.3 is 10.6 Å². The minimum atomic E-state index is -0.0480. The molecule has 0 aliphatic heterocycles. The first-order valence-corrected chi connectivity index (χ1v) is 5.29. The number of rotatable bonds is 5. The lowest BCUT2D eigenvalue weighted by atomic mass is 10.2. The second kappa shape index (κ2) is 6.08. The molecule has 0 aliphatic rings. The van der Waals surface area contributed by atoms with Crippen LogP contribution in [0.15, 0.2) is 36.4 Å². The Bertz CT molecular complexity index is 368. The Kier molecular flexibility index (Phi) is 4.73. The third-order valence-corrected chi connectivity index (χ3v) is 2.03. The first kappa shape index (κ1) is 12.5. The molecule has 0 aliphatic carbocycles. The van der Waals surface area contributed by atoms with Gasteiger partial charge in [0.2, 0.25) is 5.91 Å². The monoisotopic (exact) mass is 218 g/mol. The van der Waals surface area contributed by atoms with Crippen LogP contribution < -0.4 is 10.6 Å². The summed E-state index contributed by atoms with van der Waals surface area (Å²) in [6.07, 6.45) is 0. The van der Waals surface area contributed by atoms with E-state index in [-0.39, 0.29) is 5.91 Å². The van der Waals surface area contributed by atoms with Gasteiger partial charge in [0.25, 0.3) is 0 Å². The molecule has 0 spiro atoms. The third-order valence-electron chi connectivity index (χ3n) is 2.03. The van der Waals surface area contributed by atoms with Crippen molar-refractivity contribution in [1.82, 2.24) is 5.32 Å². The van der Waals surface area contributed by atoms with Gasteiger partial charge in [-0.15, -0.1) is 0 Å². The fraction of sp³-hybridized carbons (Fsp3) is 0.308. The molecule has 1 rings (SSSR count). The maximum absolute atomic E-state index is 10.8. The van der Waals surface area contributed by atoms with E-state index in [2.05, 4.69) is 17.2 Å². The van der Waals surface area contributed by atoms with Crippen LogP contribution in [0.1, 0.15) is 19.4 Å². The van der Waals surface area contributed by atoms with E-state index in [9.17, 15) is 4.79 Å². The summed E-state index contributed by atoms with van der Waals surface area (Å²) in [5.41, 5.74) is 3.14. The van der Waals surface area contributed by atoms with E-state index >= 15 is 0 Å². The summed E-state index contributed by atoms with van der Waals surface area (Å²) in [5.74, 6) is -0.0480. The van der Waals surface area contributed by atoms with Gasteiger partial charge in [-0.1, -0.05) is 24.3 Å². The minimum absolute atomic E-state index is 0.0480. The van der Waals surface area contributed by atoms with E-state index in [0.717, 1.165) is 24.4 Å². The fourth-order valence-electron chi connectivity index (χ4n) is 1.33. The van der Waals surface area contributed by atoms with E-state index < -0.39 is 0 Å². The lowest BCUT2D eigenvalue weighted by Crippen LogP contribution is -2.15. The highest BCUT2D eigenvalue weighted by atomic mass is 16.1. The number of carbonyl (C=O) groups is 1. The lowest BCUT2D eigenvalue weighted by Gasteiger charge is -2.06. The molecule has 3 nitrogen and oxygen atoms in total. The van der Waals surface area contributed by atoms with Gasteiger partial charge in [0.05, 0.1) is 0 Å². The number of carbonyl (C=O) groups excluding carboxylic acids is 1. The topological polar surface area (TPSA) is 41.1 Å². The van der Waals surface area contributed by atoms with Crippen molar-refractivity contribution in [3.8, 4) is 0 Å². The Hall–Kier alpha value is -1.61. The van der Waals surface area contributed by atoms with Crippen molar-refractivity contribution in [2.75, 3.05) is 11.9 Å². The largest absolute Gasteiger partial charge is 0.326 e. The van der Waals surface area contributed by atoms with Gasteiger partial charge in [-0.3, -0.25) is 4.79 Å². The highest BCUT2D eigenvalue weighted by molar-refractivity contribution is 5.88. The maximum Gasteiger partial charge on any atom is 0.221 e. The van der Waals surface area contributed by atoms with Crippen LogP contribution in [0.5, 0.6) is 0 Å². The van der Waals surface area contributed by atoms with E-state index in [1.807, 2.05) is 31.2 Å². The second-order valence-electron chi connectivity index (χ2n) is 3.94. The first-order chi connectivity index (χ1) is 7.58. The molecule has 0 bridgehead atoms. The standard InChI is InChI=1S/C13H18N2O/c1-10(2)8-14-9-12-4-6-13(7-5-12)15-11(3)16/h4-7,14H,1,8-9H2,2-3H3,(H,15,16). The van der Waals surface area contributed by atoms with Gasteiger partial charge in [0.15, 0.2) is 0 Å². The third kappa shape index (κ3) is 4.75. The Balaban J connectivity index is 2.45. The Morgan fingerprint density at radius 1 is 1.25 bits per heavy atom. The van der Waals surface area contributed by atoms with Crippen molar-refractivity contribution in [2.24, 2.45) is 0 Å². The predicted octanol–water partition coefficient (Wildman–Crippen LogP) is 2.31. The van der Waals surface area contributed by atoms with Crippen LogP contribution in [0.3, 0.4) is 0 Å². The predicted molar refractivity (Wildman–Crippen MR) is 67.3 cm³/mol. The van der Waals surface area contributed by atoms with Crippen LogP contribution in [-0.4, -0.2) is 12.5 Å². The number of amides is 1. The molecule has 0 aromatic heterocycles. The number of anilines is 1. The molecule has 0 fully saturated rings. The maximum atomic E-state index is 10.8. The van der Waals surface area contributed by atoms with Gasteiger partial charge in [0.1, 0.15) is 0 Å². The summed E-state index contributed by atoms with van der Waals surface area (Å²) >= 11 is 0. The summed E-state index contributed by atoms with van der Waals surface area (Å²) in [4.78, 5) is 10.8. The zero-order valence-corrected chi connectivity index (χ0v) is 9.84. The normalized spacial score (nSPS) is 9.88. The van der Waals surface area contributed by atoms with Gasteiger partial charge in [-0.05, 0) is 24.6 Å². The fourth-order valence-corrected chi connectivity index (χ4v) is 1.33. The van der Waals surface area contributed by atoms with Crippen molar-refractivity contribution in [3.63, 3.8) is 0 Å². The van der Waals surface area contributed by atoms with Gasteiger partial charge in [-0.25, -0.2) is 0 Å². The molecule has 2 N–H and O–H groups in total. The van der Waals surface area contributed by atoms with Crippen molar-refractivity contribution in [1.29, 1.82) is 0 Å². The molecular weight excluding hydrogens is 200 g/mol. The van der Waals surface area contributed by atoms with Crippen LogP contribution in [0.2, 0.25) is 0 Å². The smallest absolute Gasteiger partial charge is 0.221 e. The van der Waals surface area contributed by atoms with Crippen LogP contribution in [-0.2, 0) is 11.3 Å². The molecule has 0 radical (unpaired) electrons. The quantitative estimate of drug-likeness (QED) is 0.745. The summed E-state index contributed by atoms with van der Waals surface area (Å²) in [7, 11) is 0. The molecule has 3 heteroatoms. The van der Waals surface area contributed by atoms with Crippen molar-refractivity contribution in [2.45, 2.75) is 20.4 Å². The summed E-state index contributed by atoms with van der Waals surface area (Å²) in [6, 6.07) is 7.80. The Labute approximate surface area is 96.6 Å². The van der Waals surface area contributed by atoms with Crippen molar-refractivity contribution in [3.05, 3.63) is 42.0 Å². The van der Waals surface area contributed by atoms with E-state index in [1.54, 1.807) is 0 Å². The van der Waals surface area contributed by atoms with Gasteiger partial charge in [-0.2, -0.15) is 0 Å². The van der Waals surface area contributed by atoms with Crippen molar-refractivity contribution < 1.29 is 4.79 Å². The lowest BCUT2D eigenvalue weighted by molar-refractivity contribution is -0.114. The molecule has 1 amide bonds. The summed E-state index contributed by atoms with van der Waals surface area (Å²) in [5, 5.41) is 6.01. The molecule has 0 saturated carbocycles. The summed E-state index contributed by atoms with van der Waals surface area (Å²) in [6.45, 7) is 8.96. The molecule has 0 atom stereocenters. The van der Waals surface area contributed by atoms with Crippen LogP contribution >= 0.6 is 0 Å². The van der Waals surface area contributed by atoms with Gasteiger partial charge in [0, 0.05) is 25.7 Å². The van der Waals surface area contributed by atoms with Crippen LogP contribution in [0.25, 0.3) is 0 Å². The number of hydrogen-bond donors (Lipinski definition) is 2. The molecule has 86 valence electrons. The average molecular weight is 218 g/mol. The SMILES string of the molecule is C=C(C)CNCc1ccc(NC(C)=O)cc1. The Morgan fingerprint density at radius 3 is 2.38 bits per heavy atom. The number of benzene rings is 1. The van der Waals surface area contributed by atoms with Crippen LogP contribution in [0.4, 0.5) is 5.69 Å². The van der Waals surface area contributed by atoms with Gasteiger partial charge >= 0.3 is 0 Å². The molecule has 16 heavy (non-hydrogen) atoms. The Morgan fingerprint density at radius 2 is 1.88 bits per heavy atom. The number of hydrogen-bond acceptors (Lipinski definition) is 2. The van der Waals surface area contributed by atoms with Crippen molar-refractivity contribution >= 4 is 11.6 Å². The second-order valence-corrected chi connectivity index (χ2v) is 3.94. The first-order valence-electron chi connectivity index (χ1n) is 5.29. The summed E-state index contributed by atoms with van der Waals surface area (Å²) < 4.78 is 0. The zero-order valence-electron chi connectivity index (χ0n) is 9.84. The zero-order chi connectivity index (χ0) is 12.0. The van der Waals surface area contributed by atoms with E-state index in [4.69, 9.17) is 0 Å². The average Bonchev–Trinajstić information content (AvgIpc) is 2.19. The molecule has 0 heterocycles.